The van der Waals surface area contributed by atoms with Crippen LogP contribution in [0.25, 0.3) is 95.1 Å². The van der Waals surface area contributed by atoms with Crippen LogP contribution in [-0.2, 0) is 6.42 Å². The number of fused-ring (bicyclic) bond motifs is 10. The molecule has 11 rings (SSSR count). The van der Waals surface area contributed by atoms with E-state index < -0.39 is 0 Å². The number of nitrogens with zero attached hydrogens (tertiary/aromatic N) is 2. The Morgan fingerprint density at radius 1 is 0.564 bits per heavy atom. The number of benzene rings is 7. The lowest BCUT2D eigenvalue weighted by Crippen LogP contribution is -2.04. The maximum atomic E-state index is 6.47. The number of hydrogen-bond acceptors (Lipinski definition) is 1. The maximum Gasteiger partial charge on any atom is 0.147 e. The lowest BCUT2D eigenvalue weighted by molar-refractivity contribution is 0.359. The van der Waals surface area contributed by atoms with E-state index in [0.29, 0.717) is 6.61 Å². The second-order valence-corrected chi connectivity index (χ2v) is 14.7. The van der Waals surface area contributed by atoms with Gasteiger partial charge in [-0.25, -0.2) is 0 Å². The second kappa shape index (κ2) is 12.4. The standard InChI is InChI=1S/C52H38N2O/c1-3-13-38-33(2)39-26-27-40(39)41-25-23-37(32-45(38)41)53-47-18-9-7-16-42(47)44-24-21-36(31-51(44)53)35-22-28-49-46(30-35)43-17-8-10-19-48(43)54(49)50-20-12-15-34-14-6-4-5-11-29-55-52(34)50/h3-13,15-28,30-32H,14,29H2,1-2H3/b6-4-,11-5-,13-3-. The van der Waals surface area contributed by atoms with Gasteiger partial charge in [-0.15, -0.1) is 0 Å². The molecule has 1 aliphatic heterocycles. The summed E-state index contributed by atoms with van der Waals surface area (Å²) in [5.74, 6) is 0.940. The highest BCUT2D eigenvalue weighted by Gasteiger charge is 2.21. The lowest BCUT2D eigenvalue weighted by Gasteiger charge is -2.21. The van der Waals surface area contributed by atoms with Crippen molar-refractivity contribution in [3.05, 3.63) is 180 Å². The number of hydrogen-bond donors (Lipinski definition) is 0. The molecule has 0 unspecified atom stereocenters. The molecule has 0 atom stereocenters. The molecule has 3 heterocycles. The third kappa shape index (κ3) is 4.76. The highest BCUT2D eigenvalue weighted by atomic mass is 16.5. The average Bonchev–Trinajstić information content (AvgIpc) is 3.75. The largest absolute Gasteiger partial charge is 0.487 e. The molecule has 0 saturated carbocycles. The van der Waals surface area contributed by atoms with Crippen molar-refractivity contribution in [2.75, 3.05) is 6.61 Å². The smallest absolute Gasteiger partial charge is 0.147 e. The molecule has 2 aromatic heterocycles. The van der Waals surface area contributed by atoms with Crippen molar-refractivity contribution >= 4 is 72.6 Å². The first-order valence-corrected chi connectivity index (χ1v) is 19.2. The van der Waals surface area contributed by atoms with Crippen molar-refractivity contribution in [3.63, 3.8) is 0 Å². The van der Waals surface area contributed by atoms with Gasteiger partial charge in [-0.05, 0) is 119 Å². The third-order valence-corrected chi connectivity index (χ3v) is 11.7. The van der Waals surface area contributed by atoms with Crippen molar-refractivity contribution in [1.29, 1.82) is 0 Å². The highest BCUT2D eigenvalue weighted by Crippen LogP contribution is 2.42. The maximum absolute atomic E-state index is 6.47. The zero-order valence-electron chi connectivity index (χ0n) is 30.9. The van der Waals surface area contributed by atoms with Gasteiger partial charge in [-0.3, -0.25) is 0 Å². The second-order valence-electron chi connectivity index (χ2n) is 14.7. The Hall–Kier alpha value is -6.84. The van der Waals surface area contributed by atoms with Gasteiger partial charge in [0.2, 0.25) is 0 Å². The lowest BCUT2D eigenvalue weighted by atomic mass is 9.84. The zero-order valence-corrected chi connectivity index (χ0v) is 30.9. The number of allylic oxidation sites excluding steroid dienone is 4. The molecule has 55 heavy (non-hydrogen) atoms. The number of aromatic nitrogens is 2. The van der Waals surface area contributed by atoms with E-state index in [1.165, 1.54) is 93.5 Å². The van der Waals surface area contributed by atoms with Crippen LogP contribution in [0.4, 0.5) is 0 Å². The van der Waals surface area contributed by atoms with Crippen LogP contribution >= 0.6 is 0 Å². The fourth-order valence-corrected chi connectivity index (χ4v) is 9.12. The normalized spacial score (nSPS) is 14.9. The SMILES string of the molecule is C/C=C\c1c(C)c2c(c3ccc(-n4c5ccccc5c5ccc(-c6ccc7c(c6)c6ccccc6n7-c6cccc7c6OC/C=C\C=C/C7)cc54)cc13)C=C2. The molecular formula is C52H38N2O. The molecule has 7 aromatic carbocycles. The number of rotatable bonds is 4. The van der Waals surface area contributed by atoms with E-state index in [1.807, 2.05) is 0 Å². The van der Waals surface area contributed by atoms with Crippen LogP contribution < -0.4 is 4.74 Å². The fourth-order valence-electron chi connectivity index (χ4n) is 9.12. The zero-order chi connectivity index (χ0) is 36.6. The van der Waals surface area contributed by atoms with E-state index in [-0.39, 0.29) is 0 Å². The van der Waals surface area contributed by atoms with Crippen LogP contribution in [0.15, 0.2) is 152 Å². The van der Waals surface area contributed by atoms with Crippen molar-refractivity contribution in [1.82, 2.24) is 9.13 Å². The molecule has 0 fully saturated rings. The molecule has 9 aromatic rings. The Morgan fingerprint density at radius 2 is 1.27 bits per heavy atom. The van der Waals surface area contributed by atoms with E-state index in [2.05, 4.69) is 193 Å². The first kappa shape index (κ1) is 31.7. The molecule has 0 spiro atoms. The molecule has 262 valence electrons. The summed E-state index contributed by atoms with van der Waals surface area (Å²) in [7, 11) is 0. The Morgan fingerprint density at radius 3 is 2.11 bits per heavy atom. The molecule has 3 heteroatoms. The van der Waals surface area contributed by atoms with Crippen molar-refractivity contribution in [3.8, 4) is 28.3 Å². The quantitative estimate of drug-likeness (QED) is 0.178. The van der Waals surface area contributed by atoms with Gasteiger partial charge in [-0.2, -0.15) is 0 Å². The van der Waals surface area contributed by atoms with Crippen LogP contribution in [-0.4, -0.2) is 15.7 Å². The van der Waals surface area contributed by atoms with Gasteiger partial charge in [0.1, 0.15) is 12.4 Å². The molecule has 0 amide bonds. The minimum atomic E-state index is 0.532. The van der Waals surface area contributed by atoms with Crippen molar-refractivity contribution in [2.24, 2.45) is 0 Å². The van der Waals surface area contributed by atoms with E-state index in [0.717, 1.165) is 23.4 Å². The summed E-state index contributed by atoms with van der Waals surface area (Å²) in [6.07, 6.45) is 18.2. The molecule has 3 nitrogen and oxygen atoms in total. The number of ether oxygens (including phenoxy) is 1. The van der Waals surface area contributed by atoms with Gasteiger partial charge >= 0.3 is 0 Å². The fraction of sp³-hybridized carbons (Fsp3) is 0.0769. The molecule has 1 aliphatic carbocycles. The minimum Gasteiger partial charge on any atom is -0.487 e. The van der Waals surface area contributed by atoms with Gasteiger partial charge in [0.05, 0.1) is 27.8 Å². The van der Waals surface area contributed by atoms with Gasteiger partial charge in [0.25, 0.3) is 0 Å². The summed E-state index contributed by atoms with van der Waals surface area (Å²) in [5, 5.41) is 7.56. The Bertz CT molecular complexity index is 3200. The van der Waals surface area contributed by atoms with Gasteiger partial charge in [0.15, 0.2) is 0 Å². The van der Waals surface area contributed by atoms with Crippen LogP contribution in [0.5, 0.6) is 5.75 Å². The molecule has 0 N–H and O–H groups in total. The predicted octanol–water partition coefficient (Wildman–Crippen LogP) is 13.6. The van der Waals surface area contributed by atoms with Gasteiger partial charge in [0, 0.05) is 32.8 Å². The first-order chi connectivity index (χ1) is 27.2. The van der Waals surface area contributed by atoms with Crippen LogP contribution in [0.3, 0.4) is 0 Å². The van der Waals surface area contributed by atoms with E-state index >= 15 is 0 Å². The summed E-state index contributed by atoms with van der Waals surface area (Å²) < 4.78 is 11.3. The topological polar surface area (TPSA) is 19.1 Å². The molecule has 0 radical (unpaired) electrons. The van der Waals surface area contributed by atoms with E-state index in [9.17, 15) is 0 Å². The summed E-state index contributed by atoms with van der Waals surface area (Å²) >= 11 is 0. The van der Waals surface area contributed by atoms with Crippen molar-refractivity contribution < 1.29 is 4.74 Å². The van der Waals surface area contributed by atoms with Crippen LogP contribution in [0, 0.1) is 6.92 Å². The highest BCUT2D eigenvalue weighted by molar-refractivity contribution is 6.13. The first-order valence-electron chi connectivity index (χ1n) is 19.2. The number of para-hydroxylation sites is 3. The predicted molar refractivity (Wildman–Crippen MR) is 234 cm³/mol. The average molecular weight is 707 g/mol. The molecular weight excluding hydrogens is 669 g/mol. The molecule has 0 bridgehead atoms. The summed E-state index contributed by atoms with van der Waals surface area (Å²) in [4.78, 5) is 0. The Labute approximate surface area is 320 Å². The summed E-state index contributed by atoms with van der Waals surface area (Å²) in [6.45, 7) is 4.89. The third-order valence-electron chi connectivity index (χ3n) is 11.7. The monoisotopic (exact) mass is 706 g/mol. The van der Waals surface area contributed by atoms with Crippen LogP contribution in [0.1, 0.15) is 34.7 Å². The summed E-state index contributed by atoms with van der Waals surface area (Å²) in [5.41, 5.74) is 15.9. The Balaban J connectivity index is 1.11. The summed E-state index contributed by atoms with van der Waals surface area (Å²) in [6, 6.07) is 45.0. The van der Waals surface area contributed by atoms with Gasteiger partial charge < -0.3 is 13.9 Å². The Kier molecular flexibility index (Phi) is 7.12. The van der Waals surface area contributed by atoms with Gasteiger partial charge in [-0.1, -0.05) is 115 Å². The van der Waals surface area contributed by atoms with E-state index in [4.69, 9.17) is 4.74 Å². The minimum absolute atomic E-state index is 0.532. The van der Waals surface area contributed by atoms with Crippen LogP contribution in [0.2, 0.25) is 0 Å². The molecule has 0 saturated heterocycles. The van der Waals surface area contributed by atoms with E-state index in [1.54, 1.807) is 0 Å². The molecule has 2 aliphatic rings. The van der Waals surface area contributed by atoms with Crippen molar-refractivity contribution in [2.45, 2.75) is 20.3 Å².